The average Bonchev–Trinajstić information content (AvgIpc) is 2.69. The van der Waals surface area contributed by atoms with Crippen LogP contribution in [0.15, 0.2) is 53.4 Å². The van der Waals surface area contributed by atoms with Gasteiger partial charge in [-0.2, -0.15) is 8.78 Å². The molecule has 29 heavy (non-hydrogen) atoms. The SMILES string of the molecule is COc1ccc(S(=O)(=O)N(C)CCCC(=O)Nc2ccccc2OC(F)F)cc1. The van der Waals surface area contributed by atoms with E-state index in [4.69, 9.17) is 4.74 Å². The maximum absolute atomic E-state index is 12.5. The molecule has 0 aromatic heterocycles. The van der Waals surface area contributed by atoms with Gasteiger partial charge in [-0.15, -0.1) is 0 Å². The van der Waals surface area contributed by atoms with Crippen molar-refractivity contribution in [2.75, 3.05) is 26.0 Å². The predicted molar refractivity (Wildman–Crippen MR) is 104 cm³/mol. The van der Waals surface area contributed by atoms with E-state index in [1.165, 1.54) is 44.5 Å². The highest BCUT2D eigenvalue weighted by atomic mass is 32.2. The molecule has 0 aliphatic rings. The lowest BCUT2D eigenvalue weighted by Crippen LogP contribution is -2.28. The van der Waals surface area contributed by atoms with Crippen LogP contribution in [0.5, 0.6) is 11.5 Å². The Morgan fingerprint density at radius 3 is 2.41 bits per heavy atom. The van der Waals surface area contributed by atoms with Crippen molar-refractivity contribution in [3.63, 3.8) is 0 Å². The highest BCUT2D eigenvalue weighted by Crippen LogP contribution is 2.25. The van der Waals surface area contributed by atoms with Crippen LogP contribution >= 0.6 is 0 Å². The number of sulfonamides is 1. The lowest BCUT2D eigenvalue weighted by atomic mass is 10.2. The fraction of sp³-hybridized carbons (Fsp3) is 0.316. The van der Waals surface area contributed by atoms with Crippen molar-refractivity contribution in [2.24, 2.45) is 0 Å². The second-order valence-corrected chi connectivity index (χ2v) is 8.07. The van der Waals surface area contributed by atoms with E-state index in [1.54, 1.807) is 18.2 Å². The van der Waals surface area contributed by atoms with Crippen LogP contribution in [-0.2, 0) is 14.8 Å². The van der Waals surface area contributed by atoms with Crippen LogP contribution < -0.4 is 14.8 Å². The van der Waals surface area contributed by atoms with Gasteiger partial charge in [0, 0.05) is 20.0 Å². The summed E-state index contributed by atoms with van der Waals surface area (Å²) in [6, 6.07) is 11.8. The molecule has 10 heteroatoms. The molecule has 1 amide bonds. The van der Waals surface area contributed by atoms with Crippen LogP contribution in [-0.4, -0.2) is 45.9 Å². The Bertz CT molecular complexity index is 920. The third-order valence-corrected chi connectivity index (χ3v) is 5.89. The third-order valence-electron chi connectivity index (χ3n) is 4.02. The topological polar surface area (TPSA) is 84.9 Å². The zero-order valence-corrected chi connectivity index (χ0v) is 16.8. The second-order valence-electron chi connectivity index (χ2n) is 6.03. The van der Waals surface area contributed by atoms with Crippen molar-refractivity contribution in [2.45, 2.75) is 24.3 Å². The summed E-state index contributed by atoms with van der Waals surface area (Å²) in [5, 5.41) is 2.49. The molecule has 1 N–H and O–H groups in total. The molecular formula is C19H22F2N2O5S. The molecule has 0 radical (unpaired) electrons. The molecule has 0 saturated heterocycles. The summed E-state index contributed by atoms with van der Waals surface area (Å²) in [5.74, 6) is -0.0417. The lowest BCUT2D eigenvalue weighted by molar-refractivity contribution is -0.116. The number of nitrogens with one attached hydrogen (secondary N) is 1. The Balaban J connectivity index is 1.89. The zero-order valence-electron chi connectivity index (χ0n) is 16.0. The highest BCUT2D eigenvalue weighted by Gasteiger charge is 2.21. The Kier molecular flexibility index (Phi) is 7.91. The quantitative estimate of drug-likeness (QED) is 0.628. The van der Waals surface area contributed by atoms with Gasteiger partial charge in [0.05, 0.1) is 17.7 Å². The fourth-order valence-electron chi connectivity index (χ4n) is 2.49. The van der Waals surface area contributed by atoms with Gasteiger partial charge in [0.15, 0.2) is 0 Å². The van der Waals surface area contributed by atoms with Crippen LogP contribution in [0.4, 0.5) is 14.5 Å². The van der Waals surface area contributed by atoms with E-state index in [2.05, 4.69) is 10.1 Å². The highest BCUT2D eigenvalue weighted by molar-refractivity contribution is 7.89. The van der Waals surface area contributed by atoms with Gasteiger partial charge in [-0.3, -0.25) is 4.79 Å². The minimum absolute atomic E-state index is 0.00544. The van der Waals surface area contributed by atoms with Crippen LogP contribution in [0.3, 0.4) is 0 Å². The van der Waals surface area contributed by atoms with Crippen molar-refractivity contribution in [3.8, 4) is 11.5 Å². The normalized spacial score (nSPS) is 11.5. The molecule has 7 nitrogen and oxygen atoms in total. The van der Waals surface area contributed by atoms with E-state index in [-0.39, 0.29) is 35.7 Å². The first-order valence-corrected chi connectivity index (χ1v) is 10.1. The van der Waals surface area contributed by atoms with Crippen LogP contribution in [0.2, 0.25) is 0 Å². The Labute approximate surface area is 168 Å². The summed E-state index contributed by atoms with van der Waals surface area (Å²) in [6.45, 7) is -2.90. The molecule has 2 aromatic carbocycles. The van der Waals surface area contributed by atoms with Gasteiger partial charge >= 0.3 is 6.61 Å². The summed E-state index contributed by atoms with van der Waals surface area (Å²) in [4.78, 5) is 12.2. The first kappa shape index (κ1) is 22.6. The molecule has 2 aromatic rings. The molecule has 0 atom stereocenters. The minimum Gasteiger partial charge on any atom is -0.497 e. The summed E-state index contributed by atoms with van der Waals surface area (Å²) in [5.41, 5.74) is 0.122. The van der Waals surface area contributed by atoms with Gasteiger partial charge in [-0.1, -0.05) is 12.1 Å². The summed E-state index contributed by atoms with van der Waals surface area (Å²) in [7, 11) is -0.794. The fourth-order valence-corrected chi connectivity index (χ4v) is 3.70. The number of ether oxygens (including phenoxy) is 2. The molecule has 0 unspecified atom stereocenters. The number of alkyl halides is 2. The van der Waals surface area contributed by atoms with E-state index in [9.17, 15) is 22.0 Å². The summed E-state index contributed by atoms with van der Waals surface area (Å²) in [6.07, 6.45) is 0.251. The van der Waals surface area contributed by atoms with E-state index in [0.29, 0.717) is 5.75 Å². The van der Waals surface area contributed by atoms with Crippen LogP contribution in [0, 0.1) is 0 Å². The summed E-state index contributed by atoms with van der Waals surface area (Å²) >= 11 is 0. The molecule has 0 fully saturated rings. The Morgan fingerprint density at radius 1 is 1.14 bits per heavy atom. The molecule has 0 aliphatic heterocycles. The number of carbonyl (C=O) groups excluding carboxylic acids is 1. The van der Waals surface area contributed by atoms with Gasteiger partial charge in [-0.25, -0.2) is 12.7 Å². The third kappa shape index (κ3) is 6.40. The van der Waals surface area contributed by atoms with Crippen molar-refractivity contribution in [1.82, 2.24) is 4.31 Å². The lowest BCUT2D eigenvalue weighted by Gasteiger charge is -2.17. The number of para-hydroxylation sites is 2. The number of benzene rings is 2. The van der Waals surface area contributed by atoms with Gasteiger partial charge in [0.25, 0.3) is 0 Å². The van der Waals surface area contributed by atoms with Crippen LogP contribution in [0.1, 0.15) is 12.8 Å². The number of amides is 1. The number of hydrogen-bond acceptors (Lipinski definition) is 5. The van der Waals surface area contributed by atoms with Gasteiger partial charge in [0.1, 0.15) is 11.5 Å². The number of methoxy groups -OCH3 is 1. The molecule has 2 rings (SSSR count). The standard InChI is InChI=1S/C19H22F2N2O5S/c1-23(29(25,26)15-11-9-14(27-2)10-12-15)13-5-8-18(24)22-16-6-3-4-7-17(16)28-19(20)21/h3-4,6-7,9-12,19H,5,8,13H2,1-2H3,(H,22,24). The molecule has 0 aliphatic carbocycles. The van der Waals surface area contributed by atoms with Gasteiger partial charge < -0.3 is 14.8 Å². The first-order chi connectivity index (χ1) is 13.7. The van der Waals surface area contributed by atoms with Crippen molar-refractivity contribution in [1.29, 1.82) is 0 Å². The number of halogens is 2. The van der Waals surface area contributed by atoms with Gasteiger partial charge in [0.2, 0.25) is 15.9 Å². The maximum atomic E-state index is 12.5. The maximum Gasteiger partial charge on any atom is 0.387 e. The number of hydrogen-bond donors (Lipinski definition) is 1. The molecule has 0 heterocycles. The van der Waals surface area contributed by atoms with Crippen molar-refractivity contribution in [3.05, 3.63) is 48.5 Å². The molecule has 0 saturated carbocycles. The second kappa shape index (κ2) is 10.2. The summed E-state index contributed by atoms with van der Waals surface area (Å²) < 4.78 is 60.4. The first-order valence-electron chi connectivity index (χ1n) is 8.68. The van der Waals surface area contributed by atoms with E-state index < -0.39 is 22.5 Å². The van der Waals surface area contributed by atoms with Crippen LogP contribution in [0.25, 0.3) is 0 Å². The van der Waals surface area contributed by atoms with Gasteiger partial charge in [-0.05, 0) is 42.8 Å². The molecular weight excluding hydrogens is 406 g/mol. The monoisotopic (exact) mass is 428 g/mol. The van der Waals surface area contributed by atoms with E-state index >= 15 is 0 Å². The molecule has 0 spiro atoms. The van der Waals surface area contributed by atoms with Crippen molar-refractivity contribution < 1.29 is 31.5 Å². The minimum atomic E-state index is -3.70. The number of nitrogens with zero attached hydrogens (tertiary/aromatic N) is 1. The number of carbonyl (C=O) groups is 1. The number of rotatable bonds is 10. The van der Waals surface area contributed by atoms with Crippen molar-refractivity contribution >= 4 is 21.6 Å². The van der Waals surface area contributed by atoms with E-state index in [0.717, 1.165) is 4.31 Å². The predicted octanol–water partition coefficient (Wildman–Crippen LogP) is 3.34. The number of anilines is 1. The van der Waals surface area contributed by atoms with E-state index in [1.807, 2.05) is 0 Å². The largest absolute Gasteiger partial charge is 0.497 e. The molecule has 0 bridgehead atoms. The smallest absolute Gasteiger partial charge is 0.387 e. The zero-order chi connectivity index (χ0) is 21.4. The average molecular weight is 428 g/mol. The molecule has 158 valence electrons. The Morgan fingerprint density at radius 2 is 1.79 bits per heavy atom. The Hall–Kier alpha value is -2.72.